The van der Waals surface area contributed by atoms with Crippen LogP contribution in [0.1, 0.15) is 33.6 Å². The molecule has 0 aromatic heterocycles. The van der Waals surface area contributed by atoms with E-state index >= 15 is 0 Å². The number of amides is 1. The molecule has 8 nitrogen and oxygen atoms in total. The fourth-order valence-corrected chi connectivity index (χ4v) is 2.15. The zero-order valence-electron chi connectivity index (χ0n) is 13.6. The summed E-state index contributed by atoms with van der Waals surface area (Å²) in [7, 11) is 0. The topological polar surface area (TPSA) is 121 Å². The molecule has 1 saturated heterocycles. The van der Waals surface area contributed by atoms with Gasteiger partial charge in [-0.15, -0.1) is 0 Å². The van der Waals surface area contributed by atoms with E-state index in [0.717, 1.165) is 33.7 Å². The van der Waals surface area contributed by atoms with E-state index in [1.807, 2.05) is 0 Å². The average molecular weight is 329 g/mol. The maximum atomic E-state index is 11.3. The van der Waals surface area contributed by atoms with Crippen LogP contribution >= 0.6 is 0 Å². The van der Waals surface area contributed by atoms with E-state index in [0.29, 0.717) is 6.42 Å². The molecule has 1 unspecified atom stereocenters. The Labute approximate surface area is 134 Å². The molecule has 8 heteroatoms. The van der Waals surface area contributed by atoms with E-state index in [1.54, 1.807) is 11.1 Å². The van der Waals surface area contributed by atoms with E-state index in [-0.39, 0.29) is 5.91 Å². The summed E-state index contributed by atoms with van der Waals surface area (Å²) in [6.45, 7) is 6.52. The summed E-state index contributed by atoms with van der Waals surface area (Å²) in [6.07, 6.45) is 1.53. The lowest BCUT2D eigenvalue weighted by atomic mass is 9.88. The molecule has 0 bridgehead atoms. The van der Waals surface area contributed by atoms with Crippen molar-refractivity contribution in [3.63, 3.8) is 0 Å². The first kappa shape index (κ1) is 20.9. The third-order valence-corrected chi connectivity index (χ3v) is 3.32. The molecule has 1 heterocycles. The maximum absolute atomic E-state index is 11.3. The van der Waals surface area contributed by atoms with Gasteiger partial charge in [0.2, 0.25) is 5.91 Å². The minimum absolute atomic E-state index is 0.208. The highest BCUT2D eigenvalue weighted by molar-refractivity contribution is 6.10. The van der Waals surface area contributed by atoms with Crippen LogP contribution in [0, 0.1) is 0 Å². The van der Waals surface area contributed by atoms with Crippen LogP contribution in [0.25, 0.3) is 0 Å². The number of ketones is 2. The van der Waals surface area contributed by atoms with E-state index in [9.17, 15) is 24.3 Å². The van der Waals surface area contributed by atoms with Crippen molar-refractivity contribution in [1.82, 2.24) is 4.90 Å². The number of aliphatic hydroxyl groups excluding tert-OH is 2. The van der Waals surface area contributed by atoms with Gasteiger partial charge >= 0.3 is 5.97 Å². The Kier molecular flexibility index (Phi) is 8.34. The number of hydrogen-bond acceptors (Lipinski definition) is 7. The third-order valence-electron chi connectivity index (χ3n) is 3.32. The summed E-state index contributed by atoms with van der Waals surface area (Å²) in [6, 6.07) is 0. The van der Waals surface area contributed by atoms with Crippen molar-refractivity contribution in [3.05, 3.63) is 12.8 Å². The third kappa shape index (κ3) is 5.26. The Morgan fingerprint density at radius 1 is 1.35 bits per heavy atom. The number of rotatable bonds is 6. The first-order valence-corrected chi connectivity index (χ1v) is 7.06. The van der Waals surface area contributed by atoms with Crippen LogP contribution in [0.4, 0.5) is 0 Å². The van der Waals surface area contributed by atoms with Gasteiger partial charge in [-0.1, -0.05) is 6.58 Å². The summed E-state index contributed by atoms with van der Waals surface area (Å²) in [4.78, 5) is 45.6. The molecule has 0 radical (unpaired) electrons. The summed E-state index contributed by atoms with van der Waals surface area (Å²) < 4.78 is 4.57. The van der Waals surface area contributed by atoms with Gasteiger partial charge in [-0.2, -0.15) is 0 Å². The molecule has 1 aliphatic heterocycles. The van der Waals surface area contributed by atoms with Crippen molar-refractivity contribution >= 4 is 23.4 Å². The molecular formula is C15H23NO7. The predicted octanol–water partition coefficient (Wildman–Crippen LogP) is -0.428. The van der Waals surface area contributed by atoms with Crippen LogP contribution in [0.2, 0.25) is 0 Å². The highest BCUT2D eigenvalue weighted by Crippen LogP contribution is 2.20. The Bertz CT molecular complexity index is 472. The molecule has 1 amide bonds. The summed E-state index contributed by atoms with van der Waals surface area (Å²) in [5.74, 6) is -2.33. The molecule has 1 rings (SSSR count). The van der Waals surface area contributed by atoms with Gasteiger partial charge in [0.05, 0.1) is 6.61 Å². The van der Waals surface area contributed by atoms with Crippen LogP contribution in [0.3, 0.4) is 0 Å². The fraction of sp³-hybridized carbons (Fsp3) is 0.600. The van der Waals surface area contributed by atoms with Gasteiger partial charge in [-0.25, -0.2) is 0 Å². The number of carbonyl (C=O) groups is 4. The van der Waals surface area contributed by atoms with Gasteiger partial charge in [-0.3, -0.25) is 19.2 Å². The van der Waals surface area contributed by atoms with Gasteiger partial charge in [0.1, 0.15) is 6.10 Å². The molecule has 2 N–H and O–H groups in total. The maximum Gasteiger partial charge on any atom is 0.304 e. The SMILES string of the molecule is C=CN1CCCC1=O.CC(=O)OC(C(C)=O)(C(C)=O)C(O)CO. The second kappa shape index (κ2) is 9.16. The van der Waals surface area contributed by atoms with Gasteiger partial charge in [0.25, 0.3) is 5.60 Å². The number of likely N-dealkylation sites (tertiary alicyclic amines) is 1. The first-order chi connectivity index (χ1) is 10.6. The lowest BCUT2D eigenvalue weighted by Crippen LogP contribution is -2.58. The van der Waals surface area contributed by atoms with Crippen molar-refractivity contribution in [2.45, 2.75) is 45.3 Å². The molecule has 0 aromatic rings. The molecule has 0 aliphatic carbocycles. The molecule has 0 saturated carbocycles. The van der Waals surface area contributed by atoms with E-state index in [1.165, 1.54) is 0 Å². The quantitative estimate of drug-likeness (QED) is 0.501. The molecule has 0 spiro atoms. The van der Waals surface area contributed by atoms with Gasteiger partial charge < -0.3 is 19.8 Å². The second-order valence-electron chi connectivity index (χ2n) is 5.01. The Morgan fingerprint density at radius 3 is 2.09 bits per heavy atom. The number of esters is 1. The van der Waals surface area contributed by atoms with Gasteiger partial charge in [0.15, 0.2) is 11.6 Å². The van der Waals surface area contributed by atoms with Crippen molar-refractivity contribution in [2.75, 3.05) is 13.2 Å². The molecular weight excluding hydrogens is 306 g/mol. The van der Waals surface area contributed by atoms with Crippen LogP contribution in [0.15, 0.2) is 12.8 Å². The summed E-state index contributed by atoms with van der Waals surface area (Å²) >= 11 is 0. The molecule has 1 aliphatic rings. The normalized spacial score (nSPS) is 15.3. The summed E-state index contributed by atoms with van der Waals surface area (Å²) in [5.41, 5.74) is -2.29. The largest absolute Gasteiger partial charge is 0.440 e. The van der Waals surface area contributed by atoms with Gasteiger partial charge in [-0.05, 0) is 26.5 Å². The predicted molar refractivity (Wildman–Crippen MR) is 80.1 cm³/mol. The smallest absolute Gasteiger partial charge is 0.304 e. The zero-order chi connectivity index (χ0) is 18.2. The number of nitrogens with zero attached hydrogens (tertiary/aromatic N) is 1. The zero-order valence-corrected chi connectivity index (χ0v) is 13.6. The molecule has 1 atom stereocenters. The minimum Gasteiger partial charge on any atom is -0.440 e. The fourth-order valence-electron chi connectivity index (χ4n) is 2.15. The number of ether oxygens (including phenoxy) is 1. The summed E-state index contributed by atoms with van der Waals surface area (Å²) in [5, 5.41) is 18.1. The Hall–Kier alpha value is -2.06. The van der Waals surface area contributed by atoms with E-state index in [2.05, 4.69) is 11.3 Å². The minimum atomic E-state index is -2.29. The number of hydrogen-bond donors (Lipinski definition) is 2. The molecule has 0 aromatic carbocycles. The molecule has 130 valence electrons. The standard InChI is InChI=1S/C9H14O6.C6H9NO/c1-5(11)9(6(2)12,8(14)4-10)15-7(3)13;1-2-7-5-3-4-6(7)8/h8,10,14H,4H2,1-3H3;2H,1,3-5H2. The van der Waals surface area contributed by atoms with E-state index < -0.39 is 35.8 Å². The van der Waals surface area contributed by atoms with Crippen LogP contribution in [-0.2, 0) is 23.9 Å². The van der Waals surface area contributed by atoms with Crippen LogP contribution < -0.4 is 0 Å². The lowest BCUT2D eigenvalue weighted by molar-refractivity contribution is -0.184. The number of Topliss-reactive ketones (excluding diaryl/α,β-unsaturated/α-hetero) is 2. The Balaban J connectivity index is 0.000000502. The monoisotopic (exact) mass is 329 g/mol. The lowest BCUT2D eigenvalue weighted by Gasteiger charge is -2.31. The van der Waals surface area contributed by atoms with Crippen molar-refractivity contribution in [1.29, 1.82) is 0 Å². The molecule has 23 heavy (non-hydrogen) atoms. The average Bonchev–Trinajstić information content (AvgIpc) is 2.88. The van der Waals surface area contributed by atoms with Crippen LogP contribution in [-0.4, -0.2) is 63.4 Å². The van der Waals surface area contributed by atoms with Gasteiger partial charge in [0, 0.05) is 19.9 Å². The molecule has 1 fully saturated rings. The number of aliphatic hydroxyl groups is 2. The Morgan fingerprint density at radius 2 is 1.87 bits per heavy atom. The highest BCUT2D eigenvalue weighted by atomic mass is 16.6. The highest BCUT2D eigenvalue weighted by Gasteiger charge is 2.50. The second-order valence-corrected chi connectivity index (χ2v) is 5.01. The van der Waals surface area contributed by atoms with Crippen molar-refractivity contribution < 1.29 is 34.1 Å². The first-order valence-electron chi connectivity index (χ1n) is 7.06. The van der Waals surface area contributed by atoms with E-state index in [4.69, 9.17) is 5.11 Å². The van der Waals surface area contributed by atoms with Crippen molar-refractivity contribution in [2.24, 2.45) is 0 Å². The van der Waals surface area contributed by atoms with Crippen LogP contribution in [0.5, 0.6) is 0 Å². The van der Waals surface area contributed by atoms with Crippen molar-refractivity contribution in [3.8, 4) is 0 Å². The number of carbonyl (C=O) groups excluding carboxylic acids is 4.